The Bertz CT molecular complexity index is 2020. The van der Waals surface area contributed by atoms with Gasteiger partial charge in [0, 0.05) is 51.3 Å². The van der Waals surface area contributed by atoms with Gasteiger partial charge in [-0.1, -0.05) is 78.9 Å². The molecule has 4 aliphatic rings. The molecule has 9 rings (SSSR count). The molecule has 2 heterocycles. The van der Waals surface area contributed by atoms with E-state index in [1.807, 2.05) is 6.07 Å². The Hall–Kier alpha value is -4.76. The number of benzene rings is 4. The number of rotatable bonds is 4. The van der Waals surface area contributed by atoms with Gasteiger partial charge in [-0.3, -0.25) is 0 Å². The van der Waals surface area contributed by atoms with Crippen LogP contribution in [0, 0.1) is 0 Å². The summed E-state index contributed by atoms with van der Waals surface area (Å²) >= 11 is 0. The van der Waals surface area contributed by atoms with Gasteiger partial charge in [-0.05, 0) is 85.5 Å². The number of para-hydroxylation sites is 2. The molecule has 5 aromatic rings. The number of furan rings is 1. The molecular formula is C40H33NO2. The molecule has 3 aliphatic carbocycles. The van der Waals surface area contributed by atoms with Gasteiger partial charge in [-0.2, -0.15) is 0 Å². The third kappa shape index (κ3) is 4.10. The Balaban J connectivity index is 1.04. The van der Waals surface area contributed by atoms with Crippen LogP contribution in [0.4, 0.5) is 5.69 Å². The van der Waals surface area contributed by atoms with Crippen molar-refractivity contribution in [1.29, 1.82) is 0 Å². The molecule has 0 spiro atoms. The zero-order valence-corrected chi connectivity index (χ0v) is 24.1. The number of hydrogen-bond donors (Lipinski definition) is 0. The molecule has 0 amide bonds. The van der Waals surface area contributed by atoms with Crippen molar-refractivity contribution < 1.29 is 9.15 Å². The van der Waals surface area contributed by atoms with Crippen molar-refractivity contribution in [2.24, 2.45) is 0 Å². The highest BCUT2D eigenvalue weighted by Crippen LogP contribution is 2.47. The average Bonchev–Trinajstić information content (AvgIpc) is 3.64. The second kappa shape index (κ2) is 9.91. The minimum Gasteiger partial charge on any atom is -0.461 e. The summed E-state index contributed by atoms with van der Waals surface area (Å²) in [6, 6.07) is 30.5. The highest BCUT2D eigenvalue weighted by molar-refractivity contribution is 6.08. The second-order valence-electron chi connectivity index (χ2n) is 12.2. The van der Waals surface area contributed by atoms with Crippen LogP contribution in [0.1, 0.15) is 66.2 Å². The lowest BCUT2D eigenvalue weighted by Gasteiger charge is -2.33. The van der Waals surface area contributed by atoms with Crippen LogP contribution >= 0.6 is 0 Å². The Kier molecular flexibility index (Phi) is 5.72. The van der Waals surface area contributed by atoms with Crippen LogP contribution in [0.25, 0.3) is 28.0 Å². The van der Waals surface area contributed by atoms with E-state index in [4.69, 9.17) is 9.15 Å². The van der Waals surface area contributed by atoms with Crippen LogP contribution in [-0.4, -0.2) is 0 Å². The van der Waals surface area contributed by atoms with Crippen LogP contribution < -0.4 is 9.64 Å². The van der Waals surface area contributed by atoms with E-state index in [0.717, 1.165) is 48.4 Å². The molecule has 4 aromatic carbocycles. The maximum atomic E-state index is 6.35. The second-order valence-corrected chi connectivity index (χ2v) is 12.2. The van der Waals surface area contributed by atoms with Crippen molar-refractivity contribution in [3.05, 3.63) is 149 Å². The summed E-state index contributed by atoms with van der Waals surface area (Å²) in [6.45, 7) is 0. The minimum atomic E-state index is 0.323. The number of allylic oxidation sites excluding steroid dienone is 6. The highest BCUT2D eigenvalue weighted by Gasteiger charge is 2.32. The van der Waals surface area contributed by atoms with Crippen LogP contribution in [-0.2, 0) is 6.42 Å². The predicted molar refractivity (Wildman–Crippen MR) is 175 cm³/mol. The lowest BCUT2D eigenvalue weighted by Crippen LogP contribution is -2.24. The summed E-state index contributed by atoms with van der Waals surface area (Å²) in [5, 5.41) is 2.47. The summed E-state index contributed by atoms with van der Waals surface area (Å²) in [6.07, 6.45) is 18.5. The van der Waals surface area contributed by atoms with Gasteiger partial charge in [0.15, 0.2) is 0 Å². The minimum absolute atomic E-state index is 0.323. The molecule has 3 heteroatoms. The van der Waals surface area contributed by atoms with E-state index < -0.39 is 0 Å². The number of anilines is 1. The third-order valence-electron chi connectivity index (χ3n) is 9.73. The van der Waals surface area contributed by atoms with Gasteiger partial charge in [0.1, 0.15) is 22.7 Å². The quantitative estimate of drug-likeness (QED) is 0.219. The van der Waals surface area contributed by atoms with E-state index in [0.29, 0.717) is 11.8 Å². The Labute approximate surface area is 252 Å². The first-order valence-electron chi connectivity index (χ1n) is 15.7. The average molecular weight is 560 g/mol. The lowest BCUT2D eigenvalue weighted by atomic mass is 9.83. The van der Waals surface area contributed by atoms with Crippen LogP contribution in [0.2, 0.25) is 0 Å². The van der Waals surface area contributed by atoms with Gasteiger partial charge in [-0.15, -0.1) is 0 Å². The molecule has 0 radical (unpaired) electrons. The van der Waals surface area contributed by atoms with Gasteiger partial charge < -0.3 is 14.1 Å². The van der Waals surface area contributed by atoms with Crippen molar-refractivity contribution >= 4 is 33.7 Å². The predicted octanol–water partition coefficient (Wildman–Crippen LogP) is 10.6. The molecule has 0 saturated heterocycles. The van der Waals surface area contributed by atoms with E-state index in [1.165, 1.54) is 62.9 Å². The standard InChI is InChI=1S/C40H33NO2/c1-2-8-29(9-3-1)41(31-21-22-33-32-10-4-6-12-36(32)43-39(33)25-31)30-19-16-26(17-20-30)28-15-14-27-18-23-38-40(35(27)24-28)34-11-5-7-13-37(34)42-38/h4-8,10-21,23,25,28,33H,1-3,9,22,24H2. The van der Waals surface area contributed by atoms with Crippen LogP contribution in [0.15, 0.2) is 131 Å². The van der Waals surface area contributed by atoms with Crippen LogP contribution in [0.3, 0.4) is 0 Å². The fourth-order valence-corrected chi connectivity index (χ4v) is 7.58. The molecule has 0 fully saturated rings. The van der Waals surface area contributed by atoms with E-state index in [2.05, 4.69) is 114 Å². The fourth-order valence-electron chi connectivity index (χ4n) is 7.58. The van der Waals surface area contributed by atoms with Gasteiger partial charge in [0.05, 0.1) is 0 Å². The number of ether oxygens (including phenoxy) is 1. The lowest BCUT2D eigenvalue weighted by molar-refractivity contribution is 0.423. The van der Waals surface area contributed by atoms with E-state index in [-0.39, 0.29) is 0 Å². The largest absolute Gasteiger partial charge is 0.461 e. The maximum absolute atomic E-state index is 6.35. The zero-order chi connectivity index (χ0) is 28.3. The van der Waals surface area contributed by atoms with Crippen molar-refractivity contribution in [2.75, 3.05) is 4.90 Å². The summed E-state index contributed by atoms with van der Waals surface area (Å²) in [5.41, 5.74) is 11.1. The van der Waals surface area contributed by atoms with Crippen LogP contribution in [0.5, 0.6) is 5.75 Å². The Morgan fingerprint density at radius 1 is 0.791 bits per heavy atom. The number of fused-ring (bicyclic) bond motifs is 8. The molecule has 210 valence electrons. The van der Waals surface area contributed by atoms with Crippen molar-refractivity contribution in [1.82, 2.24) is 0 Å². The van der Waals surface area contributed by atoms with E-state index >= 15 is 0 Å². The van der Waals surface area contributed by atoms with E-state index in [1.54, 1.807) is 0 Å². The normalized spacial score (nSPS) is 20.5. The first-order chi connectivity index (χ1) is 21.3. The fraction of sp³-hybridized carbons (Fsp3) is 0.200. The maximum Gasteiger partial charge on any atom is 0.135 e. The van der Waals surface area contributed by atoms with Gasteiger partial charge >= 0.3 is 0 Å². The molecule has 2 atom stereocenters. The molecule has 2 unspecified atom stereocenters. The molecule has 0 N–H and O–H groups in total. The molecule has 3 nitrogen and oxygen atoms in total. The van der Waals surface area contributed by atoms with Crippen molar-refractivity contribution in [3.8, 4) is 5.75 Å². The molecule has 0 saturated carbocycles. The first kappa shape index (κ1) is 24.8. The van der Waals surface area contributed by atoms with Crippen molar-refractivity contribution in [2.45, 2.75) is 50.4 Å². The number of hydrogen-bond acceptors (Lipinski definition) is 3. The van der Waals surface area contributed by atoms with Gasteiger partial charge in [0.25, 0.3) is 0 Å². The third-order valence-corrected chi connectivity index (χ3v) is 9.73. The topological polar surface area (TPSA) is 25.6 Å². The monoisotopic (exact) mass is 559 g/mol. The molecule has 1 aliphatic heterocycles. The number of nitrogens with zero attached hydrogens (tertiary/aromatic N) is 1. The Morgan fingerprint density at radius 2 is 1.67 bits per heavy atom. The van der Waals surface area contributed by atoms with E-state index in [9.17, 15) is 0 Å². The summed E-state index contributed by atoms with van der Waals surface area (Å²) in [4.78, 5) is 2.48. The van der Waals surface area contributed by atoms with Gasteiger partial charge in [0.2, 0.25) is 0 Å². The van der Waals surface area contributed by atoms with Crippen molar-refractivity contribution in [3.63, 3.8) is 0 Å². The molecule has 0 bridgehead atoms. The zero-order valence-electron chi connectivity index (χ0n) is 24.1. The molecule has 1 aromatic heterocycles. The first-order valence-corrected chi connectivity index (χ1v) is 15.7. The summed E-state index contributed by atoms with van der Waals surface area (Å²) in [5.74, 6) is 2.72. The SMILES string of the molecule is C1=CC(c2ccc(N(C3=CCC4C(=C3)Oc3ccccc34)C3=CCCCC3)cc2)Cc2c1ccc1oc3ccccc3c21. The smallest absolute Gasteiger partial charge is 0.135 e. The summed E-state index contributed by atoms with van der Waals surface area (Å²) < 4.78 is 12.6. The highest BCUT2D eigenvalue weighted by atomic mass is 16.5. The Morgan fingerprint density at radius 3 is 2.58 bits per heavy atom. The molecule has 43 heavy (non-hydrogen) atoms. The van der Waals surface area contributed by atoms with Gasteiger partial charge in [-0.25, -0.2) is 0 Å². The summed E-state index contributed by atoms with van der Waals surface area (Å²) in [7, 11) is 0. The molecular weight excluding hydrogens is 526 g/mol.